The SMILES string of the molecule is CCCN(CC)CCNCCC(C)C. The summed E-state index contributed by atoms with van der Waals surface area (Å²) in [5, 5.41) is 3.50. The number of rotatable bonds is 9. The van der Waals surface area contributed by atoms with Crippen LogP contribution >= 0.6 is 0 Å². The van der Waals surface area contributed by atoms with E-state index in [0.717, 1.165) is 12.5 Å². The third-order valence-electron chi connectivity index (χ3n) is 2.49. The van der Waals surface area contributed by atoms with E-state index in [1.54, 1.807) is 0 Å². The summed E-state index contributed by atoms with van der Waals surface area (Å²) in [4.78, 5) is 2.50. The molecule has 0 saturated heterocycles. The van der Waals surface area contributed by atoms with Crippen molar-refractivity contribution in [3.05, 3.63) is 0 Å². The average Bonchev–Trinajstić information content (AvgIpc) is 2.15. The molecule has 0 aromatic rings. The minimum atomic E-state index is 0.820. The van der Waals surface area contributed by atoms with Gasteiger partial charge in [0.15, 0.2) is 0 Å². The highest BCUT2D eigenvalue weighted by Gasteiger charge is 1.99. The molecule has 14 heavy (non-hydrogen) atoms. The molecular weight excluding hydrogens is 172 g/mol. The lowest BCUT2D eigenvalue weighted by molar-refractivity contribution is 0.287. The van der Waals surface area contributed by atoms with Crippen LogP contribution in [0.15, 0.2) is 0 Å². The zero-order chi connectivity index (χ0) is 10.8. The standard InChI is InChI=1S/C12H28N2/c1-5-10-14(6-2)11-9-13-8-7-12(3)4/h12-13H,5-11H2,1-4H3. The Kier molecular flexibility index (Phi) is 9.42. The molecule has 0 fully saturated rings. The predicted molar refractivity (Wildman–Crippen MR) is 64.7 cm³/mol. The van der Waals surface area contributed by atoms with Gasteiger partial charge in [-0.3, -0.25) is 0 Å². The van der Waals surface area contributed by atoms with Crippen molar-refractivity contribution in [3.8, 4) is 0 Å². The fourth-order valence-electron chi connectivity index (χ4n) is 1.50. The van der Waals surface area contributed by atoms with Crippen molar-refractivity contribution in [2.24, 2.45) is 5.92 Å². The Balaban J connectivity index is 3.24. The Morgan fingerprint density at radius 3 is 2.29 bits per heavy atom. The molecule has 1 N–H and O–H groups in total. The molecule has 0 aromatic heterocycles. The topological polar surface area (TPSA) is 15.3 Å². The smallest absolute Gasteiger partial charge is 0.0107 e. The zero-order valence-electron chi connectivity index (χ0n) is 10.5. The van der Waals surface area contributed by atoms with Gasteiger partial charge in [0.2, 0.25) is 0 Å². The van der Waals surface area contributed by atoms with Crippen LogP contribution in [0.3, 0.4) is 0 Å². The van der Waals surface area contributed by atoms with E-state index in [0.29, 0.717) is 0 Å². The van der Waals surface area contributed by atoms with Crippen molar-refractivity contribution >= 4 is 0 Å². The van der Waals surface area contributed by atoms with E-state index < -0.39 is 0 Å². The van der Waals surface area contributed by atoms with Gasteiger partial charge in [0.05, 0.1) is 0 Å². The minimum Gasteiger partial charge on any atom is -0.315 e. The number of nitrogens with one attached hydrogen (secondary N) is 1. The van der Waals surface area contributed by atoms with Crippen molar-refractivity contribution in [1.29, 1.82) is 0 Å². The molecule has 0 rings (SSSR count). The van der Waals surface area contributed by atoms with Gasteiger partial charge in [-0.25, -0.2) is 0 Å². The first-order valence-corrected chi connectivity index (χ1v) is 6.13. The fraction of sp³-hybridized carbons (Fsp3) is 1.00. The summed E-state index contributed by atoms with van der Waals surface area (Å²) in [6.07, 6.45) is 2.56. The van der Waals surface area contributed by atoms with Gasteiger partial charge < -0.3 is 10.2 Å². The van der Waals surface area contributed by atoms with Gasteiger partial charge in [0.25, 0.3) is 0 Å². The van der Waals surface area contributed by atoms with Crippen molar-refractivity contribution in [2.75, 3.05) is 32.7 Å². The van der Waals surface area contributed by atoms with Crippen LogP contribution in [-0.2, 0) is 0 Å². The molecular formula is C12H28N2. The summed E-state index contributed by atoms with van der Waals surface area (Å²) in [5.74, 6) is 0.820. The van der Waals surface area contributed by atoms with Crippen molar-refractivity contribution in [2.45, 2.75) is 40.5 Å². The van der Waals surface area contributed by atoms with Crippen molar-refractivity contribution in [1.82, 2.24) is 10.2 Å². The lowest BCUT2D eigenvalue weighted by Crippen LogP contribution is -2.33. The van der Waals surface area contributed by atoms with Crippen LogP contribution in [0.4, 0.5) is 0 Å². The summed E-state index contributed by atoms with van der Waals surface area (Å²) in [7, 11) is 0. The van der Waals surface area contributed by atoms with Crippen LogP contribution in [0.1, 0.15) is 40.5 Å². The quantitative estimate of drug-likeness (QED) is 0.575. The Morgan fingerprint density at radius 2 is 1.79 bits per heavy atom. The number of nitrogens with zero attached hydrogens (tertiary/aromatic N) is 1. The molecule has 0 amide bonds. The maximum atomic E-state index is 3.50. The predicted octanol–water partition coefficient (Wildman–Crippen LogP) is 2.35. The average molecular weight is 200 g/mol. The molecule has 0 aromatic carbocycles. The number of hydrogen-bond acceptors (Lipinski definition) is 2. The second kappa shape index (κ2) is 9.47. The van der Waals surface area contributed by atoms with E-state index in [1.807, 2.05) is 0 Å². The van der Waals surface area contributed by atoms with Crippen molar-refractivity contribution < 1.29 is 0 Å². The summed E-state index contributed by atoms with van der Waals surface area (Å²) >= 11 is 0. The Labute approximate surface area is 90.1 Å². The molecule has 2 nitrogen and oxygen atoms in total. The summed E-state index contributed by atoms with van der Waals surface area (Å²) in [5.41, 5.74) is 0. The zero-order valence-corrected chi connectivity index (χ0v) is 10.5. The summed E-state index contributed by atoms with van der Waals surface area (Å²) in [6.45, 7) is 15.0. The second-order valence-corrected chi connectivity index (χ2v) is 4.37. The number of hydrogen-bond donors (Lipinski definition) is 1. The van der Waals surface area contributed by atoms with E-state index >= 15 is 0 Å². The third kappa shape index (κ3) is 8.52. The fourth-order valence-corrected chi connectivity index (χ4v) is 1.50. The monoisotopic (exact) mass is 200 g/mol. The molecule has 0 aliphatic rings. The van der Waals surface area contributed by atoms with Gasteiger partial charge in [-0.1, -0.05) is 27.7 Å². The summed E-state index contributed by atoms with van der Waals surface area (Å²) < 4.78 is 0. The van der Waals surface area contributed by atoms with E-state index in [1.165, 1.54) is 39.0 Å². The molecule has 0 radical (unpaired) electrons. The van der Waals surface area contributed by atoms with Gasteiger partial charge in [-0.15, -0.1) is 0 Å². The van der Waals surface area contributed by atoms with Crippen LogP contribution < -0.4 is 5.32 Å². The highest BCUT2D eigenvalue weighted by atomic mass is 15.1. The van der Waals surface area contributed by atoms with Crippen LogP contribution in [0.2, 0.25) is 0 Å². The first-order chi connectivity index (χ1) is 6.70. The van der Waals surface area contributed by atoms with Crippen LogP contribution in [0, 0.1) is 5.92 Å². The molecule has 2 heteroatoms. The third-order valence-corrected chi connectivity index (χ3v) is 2.49. The maximum absolute atomic E-state index is 3.50. The van der Waals surface area contributed by atoms with Crippen LogP contribution in [0.5, 0.6) is 0 Å². The van der Waals surface area contributed by atoms with Gasteiger partial charge in [0.1, 0.15) is 0 Å². The molecule has 0 bridgehead atoms. The maximum Gasteiger partial charge on any atom is 0.0107 e. The molecule has 0 aliphatic heterocycles. The number of likely N-dealkylation sites (N-methyl/N-ethyl adjacent to an activating group) is 1. The van der Waals surface area contributed by atoms with Crippen LogP contribution in [-0.4, -0.2) is 37.6 Å². The van der Waals surface area contributed by atoms with Gasteiger partial charge in [-0.2, -0.15) is 0 Å². The first-order valence-electron chi connectivity index (χ1n) is 6.13. The molecule has 0 atom stereocenters. The highest BCUT2D eigenvalue weighted by molar-refractivity contribution is 4.57. The Hall–Kier alpha value is -0.0800. The van der Waals surface area contributed by atoms with E-state index in [9.17, 15) is 0 Å². The Bertz CT molecular complexity index is 113. The molecule has 0 saturated carbocycles. The molecule has 86 valence electrons. The molecule has 0 heterocycles. The van der Waals surface area contributed by atoms with Crippen molar-refractivity contribution in [3.63, 3.8) is 0 Å². The van der Waals surface area contributed by atoms with E-state index in [2.05, 4.69) is 37.9 Å². The minimum absolute atomic E-state index is 0.820. The second-order valence-electron chi connectivity index (χ2n) is 4.37. The van der Waals surface area contributed by atoms with E-state index in [4.69, 9.17) is 0 Å². The van der Waals surface area contributed by atoms with Crippen LogP contribution in [0.25, 0.3) is 0 Å². The molecule has 0 unspecified atom stereocenters. The Morgan fingerprint density at radius 1 is 1.07 bits per heavy atom. The summed E-state index contributed by atoms with van der Waals surface area (Å²) in [6, 6.07) is 0. The largest absolute Gasteiger partial charge is 0.315 e. The van der Waals surface area contributed by atoms with Gasteiger partial charge in [0, 0.05) is 13.1 Å². The normalized spacial score (nSPS) is 11.6. The highest BCUT2D eigenvalue weighted by Crippen LogP contribution is 1.96. The molecule has 0 spiro atoms. The van der Waals surface area contributed by atoms with Gasteiger partial charge >= 0.3 is 0 Å². The van der Waals surface area contributed by atoms with Gasteiger partial charge in [-0.05, 0) is 38.4 Å². The molecule has 0 aliphatic carbocycles. The first kappa shape index (κ1) is 13.9. The van der Waals surface area contributed by atoms with E-state index in [-0.39, 0.29) is 0 Å². The lowest BCUT2D eigenvalue weighted by Gasteiger charge is -2.19. The lowest BCUT2D eigenvalue weighted by atomic mass is 10.1.